The maximum absolute atomic E-state index is 9.00. The molecule has 0 saturated heterocycles. The van der Waals surface area contributed by atoms with E-state index in [4.69, 9.17) is 10.4 Å². The van der Waals surface area contributed by atoms with Crippen molar-refractivity contribution in [2.45, 2.75) is 19.4 Å². The summed E-state index contributed by atoms with van der Waals surface area (Å²) in [6.07, 6.45) is 1.30. The molecule has 13 heavy (non-hydrogen) atoms. The Balaban J connectivity index is 2.89. The molecule has 0 aliphatic heterocycles. The van der Waals surface area contributed by atoms with Crippen molar-refractivity contribution in [2.24, 2.45) is 0 Å². The number of rotatable bonds is 3. The molecule has 1 aromatic carbocycles. The Morgan fingerprint density at radius 1 is 1.38 bits per heavy atom. The van der Waals surface area contributed by atoms with E-state index in [2.05, 4.69) is 28.7 Å². The molecular weight excluding hydrogens is 277 g/mol. The molecule has 0 aliphatic carbocycles. The summed E-state index contributed by atoms with van der Waals surface area (Å²) in [5.41, 5.74) is 2.09. The Labute approximate surface area is 91.3 Å². The predicted molar refractivity (Wildman–Crippen MR) is 59.0 cm³/mol. The maximum Gasteiger partial charge on any atom is 0.0692 e. The summed E-state index contributed by atoms with van der Waals surface area (Å²) in [6, 6.07) is 7.93. The monoisotopic (exact) mass is 287 g/mol. The molecule has 0 unspecified atom stereocenters. The molecule has 0 radical (unpaired) electrons. The van der Waals surface area contributed by atoms with Crippen LogP contribution in [0.2, 0.25) is 0 Å². The standard InChI is InChI=1S/C10H10INO/c11-10-8(5-2-6-12)3-1-4-9(10)7-13/h1,3-4,13H,2,5,7H2. The smallest absolute Gasteiger partial charge is 0.0692 e. The summed E-state index contributed by atoms with van der Waals surface area (Å²) in [7, 11) is 0. The lowest BCUT2D eigenvalue weighted by Gasteiger charge is -2.05. The Kier molecular flexibility index (Phi) is 4.19. The highest BCUT2D eigenvalue weighted by atomic mass is 127. The van der Waals surface area contributed by atoms with Gasteiger partial charge in [-0.2, -0.15) is 5.26 Å². The summed E-state index contributed by atoms with van der Waals surface area (Å²) in [5, 5.41) is 17.4. The van der Waals surface area contributed by atoms with Gasteiger partial charge in [-0.25, -0.2) is 0 Å². The van der Waals surface area contributed by atoms with Crippen LogP contribution in [0.3, 0.4) is 0 Å². The van der Waals surface area contributed by atoms with E-state index in [1.165, 1.54) is 0 Å². The fourth-order valence-corrected chi connectivity index (χ4v) is 1.94. The van der Waals surface area contributed by atoms with Crippen molar-refractivity contribution in [1.29, 1.82) is 5.26 Å². The van der Waals surface area contributed by atoms with Crippen molar-refractivity contribution in [3.05, 3.63) is 32.9 Å². The van der Waals surface area contributed by atoms with Crippen LogP contribution in [0.1, 0.15) is 17.5 Å². The van der Waals surface area contributed by atoms with Crippen LogP contribution < -0.4 is 0 Å². The van der Waals surface area contributed by atoms with Crippen molar-refractivity contribution < 1.29 is 5.11 Å². The van der Waals surface area contributed by atoms with Gasteiger partial charge in [0.25, 0.3) is 0 Å². The summed E-state index contributed by atoms with van der Waals surface area (Å²) in [4.78, 5) is 0. The minimum atomic E-state index is 0.0681. The first-order chi connectivity index (χ1) is 6.29. The fraction of sp³-hybridized carbons (Fsp3) is 0.300. The van der Waals surface area contributed by atoms with Gasteiger partial charge in [0.05, 0.1) is 12.7 Å². The van der Waals surface area contributed by atoms with Gasteiger partial charge < -0.3 is 5.11 Å². The first-order valence-corrected chi connectivity index (χ1v) is 5.11. The molecular formula is C10H10INO. The van der Waals surface area contributed by atoms with Crippen LogP contribution >= 0.6 is 22.6 Å². The van der Waals surface area contributed by atoms with E-state index < -0.39 is 0 Å². The molecule has 1 N–H and O–H groups in total. The zero-order chi connectivity index (χ0) is 9.68. The lowest BCUT2D eigenvalue weighted by molar-refractivity contribution is 0.281. The minimum absolute atomic E-state index is 0.0681. The van der Waals surface area contributed by atoms with E-state index in [0.717, 1.165) is 21.1 Å². The van der Waals surface area contributed by atoms with Gasteiger partial charge in [0, 0.05) is 9.99 Å². The zero-order valence-electron chi connectivity index (χ0n) is 7.13. The van der Waals surface area contributed by atoms with Gasteiger partial charge in [0.2, 0.25) is 0 Å². The van der Waals surface area contributed by atoms with E-state index >= 15 is 0 Å². The number of nitrogens with zero attached hydrogens (tertiary/aromatic N) is 1. The molecule has 0 aromatic heterocycles. The minimum Gasteiger partial charge on any atom is -0.392 e. The summed E-state index contributed by atoms with van der Waals surface area (Å²) in [5.74, 6) is 0. The van der Waals surface area contributed by atoms with Gasteiger partial charge in [-0.1, -0.05) is 18.2 Å². The Morgan fingerprint density at radius 3 is 2.69 bits per heavy atom. The van der Waals surface area contributed by atoms with Gasteiger partial charge in [-0.15, -0.1) is 0 Å². The van der Waals surface area contributed by atoms with Crippen LogP contribution in [0, 0.1) is 14.9 Å². The lowest BCUT2D eigenvalue weighted by atomic mass is 10.1. The number of benzene rings is 1. The molecule has 0 fully saturated rings. The molecule has 0 atom stereocenters. The quantitative estimate of drug-likeness (QED) is 0.866. The molecule has 1 aromatic rings. The third kappa shape index (κ3) is 2.68. The van der Waals surface area contributed by atoms with Gasteiger partial charge >= 0.3 is 0 Å². The van der Waals surface area contributed by atoms with E-state index in [1.807, 2.05) is 18.2 Å². The average Bonchev–Trinajstić information content (AvgIpc) is 2.16. The van der Waals surface area contributed by atoms with Crippen LogP contribution in [0.25, 0.3) is 0 Å². The van der Waals surface area contributed by atoms with E-state index in [0.29, 0.717) is 6.42 Å². The highest BCUT2D eigenvalue weighted by Crippen LogP contribution is 2.18. The van der Waals surface area contributed by atoms with Gasteiger partial charge in [0.1, 0.15) is 0 Å². The normalized spacial score (nSPS) is 9.62. The van der Waals surface area contributed by atoms with Crippen LogP contribution in [-0.2, 0) is 13.0 Å². The van der Waals surface area contributed by atoms with Gasteiger partial charge in [-0.05, 0) is 40.1 Å². The predicted octanol–water partition coefficient (Wildman–Crippen LogP) is 2.24. The van der Waals surface area contributed by atoms with Crippen molar-refractivity contribution in [2.75, 3.05) is 0 Å². The largest absolute Gasteiger partial charge is 0.392 e. The Morgan fingerprint density at radius 2 is 2.08 bits per heavy atom. The molecule has 0 heterocycles. The Hall–Kier alpha value is -0.600. The third-order valence-corrected chi connectivity index (χ3v) is 3.22. The number of hydrogen-bond donors (Lipinski definition) is 1. The van der Waals surface area contributed by atoms with Crippen LogP contribution in [0.5, 0.6) is 0 Å². The first kappa shape index (κ1) is 10.5. The van der Waals surface area contributed by atoms with Crippen molar-refractivity contribution in [1.82, 2.24) is 0 Å². The number of nitriles is 1. The molecule has 2 nitrogen and oxygen atoms in total. The molecule has 1 rings (SSSR count). The fourth-order valence-electron chi connectivity index (χ4n) is 1.14. The molecule has 0 aliphatic rings. The molecule has 0 bridgehead atoms. The second-order valence-corrected chi connectivity index (χ2v) is 3.79. The number of aliphatic hydroxyl groups is 1. The number of aliphatic hydroxyl groups excluding tert-OH is 1. The second kappa shape index (κ2) is 5.20. The molecule has 0 amide bonds. The van der Waals surface area contributed by atoms with Crippen molar-refractivity contribution in [3.63, 3.8) is 0 Å². The van der Waals surface area contributed by atoms with Gasteiger partial charge in [-0.3, -0.25) is 0 Å². The van der Waals surface area contributed by atoms with Crippen molar-refractivity contribution >= 4 is 22.6 Å². The van der Waals surface area contributed by atoms with Gasteiger partial charge in [0.15, 0.2) is 0 Å². The highest BCUT2D eigenvalue weighted by molar-refractivity contribution is 14.1. The topological polar surface area (TPSA) is 44.0 Å². The summed E-state index contributed by atoms with van der Waals surface area (Å²) in [6.45, 7) is 0.0681. The van der Waals surface area contributed by atoms with E-state index in [-0.39, 0.29) is 6.61 Å². The zero-order valence-corrected chi connectivity index (χ0v) is 9.28. The van der Waals surface area contributed by atoms with E-state index in [9.17, 15) is 0 Å². The SMILES string of the molecule is N#CCCc1cccc(CO)c1I. The average molecular weight is 287 g/mol. The van der Waals surface area contributed by atoms with Crippen LogP contribution in [0.4, 0.5) is 0 Å². The Bertz CT molecular complexity index is 330. The van der Waals surface area contributed by atoms with Crippen LogP contribution in [-0.4, -0.2) is 5.11 Å². The number of aryl methyl sites for hydroxylation is 1. The first-order valence-electron chi connectivity index (χ1n) is 4.03. The second-order valence-electron chi connectivity index (χ2n) is 2.71. The molecule has 0 spiro atoms. The number of halogens is 1. The third-order valence-electron chi connectivity index (χ3n) is 1.84. The van der Waals surface area contributed by atoms with Crippen LogP contribution in [0.15, 0.2) is 18.2 Å². The van der Waals surface area contributed by atoms with Crippen molar-refractivity contribution in [3.8, 4) is 6.07 Å². The lowest BCUT2D eigenvalue weighted by Crippen LogP contribution is -1.94. The summed E-state index contributed by atoms with van der Waals surface area (Å²) >= 11 is 2.21. The maximum atomic E-state index is 9.00. The molecule has 3 heteroatoms. The van der Waals surface area contributed by atoms with E-state index in [1.54, 1.807) is 0 Å². The summed E-state index contributed by atoms with van der Waals surface area (Å²) < 4.78 is 1.08. The molecule has 68 valence electrons. The molecule has 0 saturated carbocycles. The number of hydrogen-bond acceptors (Lipinski definition) is 2. The highest BCUT2D eigenvalue weighted by Gasteiger charge is 2.03.